The third kappa shape index (κ3) is 4.06. The number of benzene rings is 1. The van der Waals surface area contributed by atoms with Gasteiger partial charge in [-0.1, -0.05) is 32.9 Å². The minimum Gasteiger partial charge on any atom is -0.399 e. The van der Waals surface area contributed by atoms with Gasteiger partial charge in [0.05, 0.1) is 5.69 Å². The van der Waals surface area contributed by atoms with Gasteiger partial charge in [0, 0.05) is 23.1 Å². The maximum atomic E-state index is 11.9. The van der Waals surface area contributed by atoms with Crippen LogP contribution in [-0.2, 0) is 4.79 Å². The fraction of sp³-hybridized carbons (Fsp3) is 0.333. The van der Waals surface area contributed by atoms with Crippen molar-refractivity contribution in [2.45, 2.75) is 27.2 Å². The van der Waals surface area contributed by atoms with Crippen molar-refractivity contribution in [3.8, 4) is 11.3 Å². The molecular weight excluding hydrogens is 270 g/mol. The maximum absolute atomic E-state index is 11.9. The van der Waals surface area contributed by atoms with E-state index >= 15 is 0 Å². The lowest BCUT2D eigenvalue weighted by Gasteiger charge is -2.16. The van der Waals surface area contributed by atoms with Gasteiger partial charge in [-0.05, 0) is 17.5 Å². The lowest BCUT2D eigenvalue weighted by atomic mass is 9.92. The summed E-state index contributed by atoms with van der Waals surface area (Å²) in [5, 5.41) is 5.40. The summed E-state index contributed by atoms with van der Waals surface area (Å²) in [5.41, 5.74) is 8.20. The van der Waals surface area contributed by atoms with E-state index < -0.39 is 0 Å². The van der Waals surface area contributed by atoms with Crippen LogP contribution in [0.1, 0.15) is 27.2 Å². The summed E-state index contributed by atoms with van der Waals surface area (Å²) in [7, 11) is 0. The molecule has 0 saturated carbocycles. The first kappa shape index (κ1) is 14.5. The molecule has 4 nitrogen and oxygen atoms in total. The van der Waals surface area contributed by atoms with E-state index in [2.05, 4.69) is 10.3 Å². The smallest absolute Gasteiger partial charge is 0.226 e. The number of nitrogens with one attached hydrogen (secondary N) is 1. The van der Waals surface area contributed by atoms with Crippen LogP contribution in [0.3, 0.4) is 0 Å². The van der Waals surface area contributed by atoms with Crippen LogP contribution in [0.25, 0.3) is 11.3 Å². The number of hydrogen-bond acceptors (Lipinski definition) is 4. The Kier molecular flexibility index (Phi) is 4.09. The number of nitrogen functional groups attached to an aromatic ring is 1. The molecule has 0 radical (unpaired) electrons. The van der Waals surface area contributed by atoms with Crippen molar-refractivity contribution >= 4 is 28.1 Å². The van der Waals surface area contributed by atoms with Crippen molar-refractivity contribution in [3.63, 3.8) is 0 Å². The van der Waals surface area contributed by atoms with E-state index in [1.54, 1.807) is 0 Å². The van der Waals surface area contributed by atoms with E-state index in [0.29, 0.717) is 11.6 Å². The average molecular weight is 289 g/mol. The summed E-state index contributed by atoms with van der Waals surface area (Å²) >= 11 is 1.43. The predicted molar refractivity (Wildman–Crippen MR) is 84.7 cm³/mol. The van der Waals surface area contributed by atoms with Gasteiger partial charge in [-0.3, -0.25) is 4.79 Å². The molecule has 0 bridgehead atoms. The third-order valence-electron chi connectivity index (χ3n) is 2.65. The van der Waals surface area contributed by atoms with E-state index in [-0.39, 0.29) is 11.3 Å². The Morgan fingerprint density at radius 3 is 2.55 bits per heavy atom. The number of amides is 1. The Bertz CT molecular complexity index is 596. The summed E-state index contributed by atoms with van der Waals surface area (Å²) in [5.74, 6) is -0.00398. The summed E-state index contributed by atoms with van der Waals surface area (Å²) in [4.78, 5) is 16.3. The number of rotatable bonds is 3. The van der Waals surface area contributed by atoms with Crippen LogP contribution in [0.15, 0.2) is 29.6 Å². The first-order chi connectivity index (χ1) is 9.33. The number of thiazole rings is 1. The van der Waals surface area contributed by atoms with Crippen LogP contribution in [-0.4, -0.2) is 10.9 Å². The van der Waals surface area contributed by atoms with Gasteiger partial charge in [-0.2, -0.15) is 0 Å². The summed E-state index contributed by atoms with van der Waals surface area (Å²) in [6.07, 6.45) is 0.476. The molecule has 1 aromatic carbocycles. The molecule has 20 heavy (non-hydrogen) atoms. The molecule has 5 heteroatoms. The Labute approximate surface area is 123 Å². The number of hydrogen-bond donors (Lipinski definition) is 2. The monoisotopic (exact) mass is 289 g/mol. The zero-order chi connectivity index (χ0) is 14.8. The lowest BCUT2D eigenvalue weighted by molar-refractivity contribution is -0.117. The average Bonchev–Trinajstić information content (AvgIpc) is 2.75. The second-order valence-electron chi connectivity index (χ2n) is 5.95. The van der Waals surface area contributed by atoms with Gasteiger partial charge >= 0.3 is 0 Å². The zero-order valence-electron chi connectivity index (χ0n) is 11.9. The molecule has 2 rings (SSSR count). The summed E-state index contributed by atoms with van der Waals surface area (Å²) < 4.78 is 0. The molecule has 0 spiro atoms. The van der Waals surface area contributed by atoms with Gasteiger partial charge in [0.25, 0.3) is 0 Å². The van der Waals surface area contributed by atoms with Crippen LogP contribution in [0.5, 0.6) is 0 Å². The zero-order valence-corrected chi connectivity index (χ0v) is 12.8. The van der Waals surface area contributed by atoms with Gasteiger partial charge < -0.3 is 11.1 Å². The largest absolute Gasteiger partial charge is 0.399 e. The van der Waals surface area contributed by atoms with Crippen molar-refractivity contribution in [1.29, 1.82) is 0 Å². The third-order valence-corrected chi connectivity index (χ3v) is 3.41. The first-order valence-corrected chi connectivity index (χ1v) is 7.33. The van der Waals surface area contributed by atoms with E-state index in [9.17, 15) is 4.79 Å². The highest BCUT2D eigenvalue weighted by Gasteiger charge is 2.17. The highest BCUT2D eigenvalue weighted by Crippen LogP contribution is 2.26. The Morgan fingerprint density at radius 1 is 1.30 bits per heavy atom. The molecular formula is C15H19N3OS. The summed E-state index contributed by atoms with van der Waals surface area (Å²) in [6, 6.07) is 7.52. The number of aromatic nitrogens is 1. The highest BCUT2D eigenvalue weighted by molar-refractivity contribution is 7.14. The van der Waals surface area contributed by atoms with Crippen molar-refractivity contribution < 1.29 is 4.79 Å². The minimum atomic E-state index is -0.0267. The van der Waals surface area contributed by atoms with Gasteiger partial charge in [-0.25, -0.2) is 4.98 Å². The van der Waals surface area contributed by atoms with Crippen LogP contribution in [0, 0.1) is 5.41 Å². The number of nitrogens with zero attached hydrogens (tertiary/aromatic N) is 1. The predicted octanol–water partition coefficient (Wildman–Crippen LogP) is 3.77. The second-order valence-corrected chi connectivity index (χ2v) is 6.80. The van der Waals surface area contributed by atoms with Gasteiger partial charge in [-0.15, -0.1) is 11.3 Å². The minimum absolute atomic E-state index is 0.00398. The number of carbonyl (C=O) groups is 1. The van der Waals surface area contributed by atoms with Crippen LogP contribution in [0.4, 0.5) is 10.8 Å². The molecule has 1 heterocycles. The molecule has 0 fully saturated rings. The quantitative estimate of drug-likeness (QED) is 0.845. The number of carbonyl (C=O) groups excluding carboxylic acids is 1. The van der Waals surface area contributed by atoms with Gasteiger partial charge in [0.2, 0.25) is 5.91 Å². The van der Waals surface area contributed by atoms with Gasteiger partial charge in [0.15, 0.2) is 5.13 Å². The van der Waals surface area contributed by atoms with Crippen LogP contribution < -0.4 is 11.1 Å². The van der Waals surface area contributed by atoms with Gasteiger partial charge in [0.1, 0.15) is 0 Å². The normalized spacial score (nSPS) is 11.3. The highest BCUT2D eigenvalue weighted by atomic mass is 32.1. The molecule has 0 saturated heterocycles. The molecule has 0 atom stereocenters. The topological polar surface area (TPSA) is 68.0 Å². The van der Waals surface area contributed by atoms with Crippen LogP contribution >= 0.6 is 11.3 Å². The molecule has 2 aromatic rings. The first-order valence-electron chi connectivity index (χ1n) is 6.45. The molecule has 106 valence electrons. The van der Waals surface area contributed by atoms with E-state index in [4.69, 9.17) is 5.73 Å². The molecule has 1 amide bonds. The maximum Gasteiger partial charge on any atom is 0.226 e. The standard InChI is InChI=1S/C15H19N3OS/c1-15(2,3)8-13(19)18-14-17-12(9-20-14)10-4-6-11(16)7-5-10/h4-7,9H,8,16H2,1-3H3,(H,17,18,19). The lowest BCUT2D eigenvalue weighted by Crippen LogP contribution is -2.19. The Balaban J connectivity index is 2.06. The Morgan fingerprint density at radius 2 is 1.95 bits per heavy atom. The number of nitrogens with two attached hydrogens (primary N) is 1. The van der Waals surface area contributed by atoms with Crippen molar-refractivity contribution in [2.75, 3.05) is 11.1 Å². The van der Waals surface area contributed by atoms with Crippen LogP contribution in [0.2, 0.25) is 0 Å². The van der Waals surface area contributed by atoms with E-state index in [1.807, 2.05) is 50.4 Å². The molecule has 0 aliphatic heterocycles. The van der Waals surface area contributed by atoms with Crippen molar-refractivity contribution in [2.24, 2.45) is 5.41 Å². The molecule has 0 aliphatic rings. The molecule has 0 unspecified atom stereocenters. The SMILES string of the molecule is CC(C)(C)CC(=O)Nc1nc(-c2ccc(N)cc2)cs1. The van der Waals surface area contributed by atoms with Crippen molar-refractivity contribution in [3.05, 3.63) is 29.6 Å². The molecule has 3 N–H and O–H groups in total. The molecule has 1 aromatic heterocycles. The second kappa shape index (κ2) is 5.63. The summed E-state index contributed by atoms with van der Waals surface area (Å²) in [6.45, 7) is 6.11. The fourth-order valence-corrected chi connectivity index (χ4v) is 2.50. The Hall–Kier alpha value is -1.88. The van der Waals surface area contributed by atoms with E-state index in [1.165, 1.54) is 11.3 Å². The fourth-order valence-electron chi connectivity index (χ4n) is 1.76. The van der Waals surface area contributed by atoms with E-state index in [0.717, 1.165) is 16.9 Å². The van der Waals surface area contributed by atoms with Crippen molar-refractivity contribution in [1.82, 2.24) is 4.98 Å². The number of anilines is 2. The molecule has 0 aliphatic carbocycles.